The molecule has 0 rings (SSSR count). The van der Waals surface area contributed by atoms with Gasteiger partial charge in [0, 0.05) is 6.92 Å². The Kier molecular flexibility index (Phi) is 8.32. The molecule has 0 aliphatic heterocycles. The maximum Gasteiger partial charge on any atom is 0.326 e. The second-order valence-corrected chi connectivity index (χ2v) is 7.63. The zero-order chi connectivity index (χ0) is 19.1. The summed E-state index contributed by atoms with van der Waals surface area (Å²) in [5, 5.41) is 9.05. The van der Waals surface area contributed by atoms with Crippen LogP contribution < -0.4 is 0 Å². The molecule has 0 aromatic rings. The van der Waals surface area contributed by atoms with Crippen molar-refractivity contribution < 1.29 is 43.3 Å². The minimum Gasteiger partial charge on any atom is -0.487 e. The highest BCUT2D eigenvalue weighted by molar-refractivity contribution is 7.51. The van der Waals surface area contributed by atoms with Crippen molar-refractivity contribution in [3.05, 3.63) is 12.3 Å². The van der Waals surface area contributed by atoms with E-state index < -0.39 is 37.0 Å². The first-order valence-electron chi connectivity index (χ1n) is 7.03. The summed E-state index contributed by atoms with van der Waals surface area (Å²) in [6.45, 7) is 7.20. The number of Topliss-reactive ketones (excluding diaryl/α,β-unsaturated/α-hetero) is 1. The first kappa shape index (κ1) is 22.3. The number of carboxylic acids is 1. The third-order valence-corrected chi connectivity index (χ3v) is 4.02. The van der Waals surface area contributed by atoms with Crippen LogP contribution in [-0.2, 0) is 28.4 Å². The van der Waals surface area contributed by atoms with Crippen LogP contribution in [0.15, 0.2) is 12.3 Å². The van der Waals surface area contributed by atoms with Gasteiger partial charge >= 0.3 is 19.5 Å². The highest BCUT2D eigenvalue weighted by atomic mass is 31.2. The number of hydrogen-bond acceptors (Lipinski definition) is 6. The minimum atomic E-state index is -4.53. The summed E-state index contributed by atoms with van der Waals surface area (Å²) in [5.41, 5.74) is -1.27. The number of ether oxygens (including phenoxy) is 2. The molecule has 0 amide bonds. The number of allylic oxidation sites excluding steroid dienone is 1. The lowest BCUT2D eigenvalue weighted by Gasteiger charge is -2.26. The second kappa shape index (κ2) is 8.96. The molecule has 10 heteroatoms. The molecule has 0 fully saturated rings. The molecule has 0 radical (unpaired) electrons. The van der Waals surface area contributed by atoms with E-state index in [0.29, 0.717) is 0 Å². The maximum atomic E-state index is 12.0. The van der Waals surface area contributed by atoms with Crippen LogP contribution in [0.5, 0.6) is 0 Å². The van der Waals surface area contributed by atoms with Gasteiger partial charge in [-0.2, -0.15) is 0 Å². The highest BCUT2D eigenvalue weighted by Crippen LogP contribution is 2.40. The highest BCUT2D eigenvalue weighted by Gasteiger charge is 2.38. The number of esters is 1. The quantitative estimate of drug-likeness (QED) is 0.160. The van der Waals surface area contributed by atoms with E-state index in [9.17, 15) is 18.9 Å². The number of carbonyl (C=O) groups excluding carboxylic acids is 2. The third kappa shape index (κ3) is 8.81. The molecule has 1 atom stereocenters. The Balaban J connectivity index is 4.59. The van der Waals surface area contributed by atoms with Gasteiger partial charge in [0.1, 0.15) is 13.2 Å². The van der Waals surface area contributed by atoms with Crippen molar-refractivity contribution in [3.8, 4) is 0 Å². The lowest BCUT2D eigenvalue weighted by molar-refractivity contribution is -0.157. The van der Waals surface area contributed by atoms with Crippen molar-refractivity contribution >= 4 is 25.3 Å². The molecule has 0 aliphatic rings. The van der Waals surface area contributed by atoms with Crippen molar-refractivity contribution in [3.63, 3.8) is 0 Å². The monoisotopic (exact) mass is 366 g/mol. The van der Waals surface area contributed by atoms with Gasteiger partial charge in [0.15, 0.2) is 11.5 Å². The van der Waals surface area contributed by atoms with Crippen molar-refractivity contribution in [2.45, 2.75) is 27.2 Å². The van der Waals surface area contributed by atoms with E-state index in [1.54, 1.807) is 0 Å². The Morgan fingerprint density at radius 1 is 1.17 bits per heavy atom. The smallest absolute Gasteiger partial charge is 0.326 e. The van der Waals surface area contributed by atoms with Gasteiger partial charge in [-0.25, -0.2) is 0 Å². The topological polar surface area (TPSA) is 147 Å². The predicted molar refractivity (Wildman–Crippen MR) is 83.2 cm³/mol. The predicted octanol–water partition coefficient (Wildman–Crippen LogP) is 0.944. The minimum absolute atomic E-state index is 0.0714. The van der Waals surface area contributed by atoms with Crippen LogP contribution in [0.4, 0.5) is 0 Å². The molecule has 1 unspecified atom stereocenters. The average Bonchev–Trinajstić information content (AvgIpc) is 2.40. The van der Waals surface area contributed by atoms with E-state index in [2.05, 4.69) is 6.58 Å². The van der Waals surface area contributed by atoms with E-state index in [4.69, 9.17) is 24.4 Å². The summed E-state index contributed by atoms with van der Waals surface area (Å²) in [6, 6.07) is 0. The molecule has 0 aromatic heterocycles. The fourth-order valence-electron chi connectivity index (χ4n) is 1.81. The van der Waals surface area contributed by atoms with E-state index in [1.165, 1.54) is 20.8 Å². The first-order chi connectivity index (χ1) is 10.8. The third-order valence-electron chi connectivity index (χ3n) is 3.10. The Morgan fingerprint density at radius 3 is 2.08 bits per heavy atom. The summed E-state index contributed by atoms with van der Waals surface area (Å²) in [5.74, 6) is -3.96. The van der Waals surface area contributed by atoms with Gasteiger partial charge in [0.25, 0.3) is 0 Å². The summed E-state index contributed by atoms with van der Waals surface area (Å²) in [7, 11) is -4.53. The number of rotatable bonds is 11. The van der Waals surface area contributed by atoms with Gasteiger partial charge < -0.3 is 24.4 Å². The molecule has 0 spiro atoms. The maximum absolute atomic E-state index is 12.0. The fraction of sp³-hybridized carbons (Fsp3) is 0.643. The number of aliphatic carboxylic acids is 1. The first-order valence-corrected chi connectivity index (χ1v) is 8.83. The van der Waals surface area contributed by atoms with Crippen molar-refractivity contribution in [2.75, 3.05) is 19.4 Å². The normalized spacial score (nSPS) is 13.0. The molecule has 9 nitrogen and oxygen atoms in total. The van der Waals surface area contributed by atoms with Crippen molar-refractivity contribution in [2.24, 2.45) is 11.3 Å². The molecule has 0 saturated carbocycles. The number of hydrogen-bond donors (Lipinski definition) is 3. The Bertz CT molecular complexity index is 546. The number of carbonyl (C=O) groups is 3. The van der Waals surface area contributed by atoms with Gasteiger partial charge in [-0.05, 0) is 20.3 Å². The molecule has 24 heavy (non-hydrogen) atoms. The lowest BCUT2D eigenvalue weighted by Crippen LogP contribution is -2.33. The van der Waals surface area contributed by atoms with Crippen LogP contribution in [0, 0.1) is 11.3 Å². The summed E-state index contributed by atoms with van der Waals surface area (Å²) in [4.78, 5) is 51.9. The number of carboxylic acid groups (broad SMARTS) is 1. The van der Waals surface area contributed by atoms with Gasteiger partial charge in [0.05, 0.1) is 17.5 Å². The molecule has 138 valence electrons. The average molecular weight is 366 g/mol. The van der Waals surface area contributed by atoms with E-state index in [1.807, 2.05) is 0 Å². The summed E-state index contributed by atoms with van der Waals surface area (Å²) in [6.07, 6.45) is -1.16. The zero-order valence-electron chi connectivity index (χ0n) is 13.9. The second-order valence-electron chi connectivity index (χ2n) is 5.93. The largest absolute Gasteiger partial charge is 0.487 e. The van der Waals surface area contributed by atoms with Gasteiger partial charge in [-0.15, -0.1) is 0 Å². The fourth-order valence-corrected chi connectivity index (χ4v) is 2.67. The molecular formula is C14H23O9P. The van der Waals surface area contributed by atoms with Crippen LogP contribution in [0.1, 0.15) is 27.2 Å². The summed E-state index contributed by atoms with van der Waals surface area (Å²) < 4.78 is 20.9. The van der Waals surface area contributed by atoms with Crippen molar-refractivity contribution in [1.82, 2.24) is 0 Å². The van der Waals surface area contributed by atoms with Crippen LogP contribution in [0.3, 0.4) is 0 Å². The van der Waals surface area contributed by atoms with E-state index in [0.717, 1.165) is 0 Å². The van der Waals surface area contributed by atoms with Gasteiger partial charge in [-0.3, -0.25) is 18.9 Å². The molecule has 0 heterocycles. The molecule has 0 saturated heterocycles. The van der Waals surface area contributed by atoms with Crippen LogP contribution in [-0.4, -0.2) is 52.0 Å². The molecular weight excluding hydrogens is 343 g/mol. The Hall–Kier alpha value is -1.70. The Labute approximate surface area is 139 Å². The van der Waals surface area contributed by atoms with Crippen LogP contribution in [0.25, 0.3) is 0 Å². The molecule has 0 aliphatic carbocycles. The summed E-state index contributed by atoms with van der Waals surface area (Å²) >= 11 is 0. The van der Waals surface area contributed by atoms with Crippen molar-refractivity contribution in [1.29, 1.82) is 0 Å². The zero-order valence-corrected chi connectivity index (χ0v) is 14.7. The van der Waals surface area contributed by atoms with Gasteiger partial charge in [-0.1, -0.05) is 6.58 Å². The molecule has 3 N–H and O–H groups in total. The Morgan fingerprint density at radius 2 is 1.67 bits per heavy atom. The van der Waals surface area contributed by atoms with Gasteiger partial charge in [0.2, 0.25) is 0 Å². The molecule has 0 aromatic carbocycles. The number of ketones is 1. The SMILES string of the molecule is C=C(OCCOC(=O)C(C)(C)CC(CP(=O)(O)O)C(=O)O)C(C)=O. The van der Waals surface area contributed by atoms with Crippen LogP contribution in [0.2, 0.25) is 0 Å². The van der Waals surface area contributed by atoms with Crippen LogP contribution >= 0.6 is 7.60 Å². The lowest BCUT2D eigenvalue weighted by atomic mass is 9.83. The van der Waals surface area contributed by atoms with E-state index >= 15 is 0 Å². The molecule has 0 bridgehead atoms. The standard InChI is InChI=1S/C14H23O9P/c1-9(15)10(2)22-5-6-23-13(18)14(3,4)7-11(12(16)17)8-24(19,20)21/h11H,2,5-8H2,1,3-4H3,(H,16,17)(H2,19,20,21). The van der Waals surface area contributed by atoms with E-state index in [-0.39, 0.29) is 31.2 Å².